The predicted molar refractivity (Wildman–Crippen MR) is 72.5 cm³/mol. The van der Waals surface area contributed by atoms with Crippen LogP contribution in [0.4, 0.5) is 11.4 Å². The molecule has 2 aromatic heterocycles. The van der Waals surface area contributed by atoms with Crippen LogP contribution in [0.3, 0.4) is 0 Å². The van der Waals surface area contributed by atoms with E-state index in [-0.39, 0.29) is 5.54 Å². The van der Waals surface area contributed by atoms with E-state index in [1.807, 2.05) is 30.9 Å². The monoisotopic (exact) mass is 248 g/mol. The average molecular weight is 248 g/mol. The van der Waals surface area contributed by atoms with Gasteiger partial charge in [0.2, 0.25) is 0 Å². The summed E-state index contributed by atoms with van der Waals surface area (Å²) in [5.41, 5.74) is 1.78. The van der Waals surface area contributed by atoms with Crippen molar-refractivity contribution in [2.24, 2.45) is 0 Å². The Bertz CT molecular complexity index is 479. The highest BCUT2D eigenvalue weighted by atomic mass is 32.1. The maximum Gasteiger partial charge on any atom is 0.117 e. The SMILES string of the molecule is CNc1cncc(NC(C)(C)c2nccs2)c1. The second-order valence-electron chi connectivity index (χ2n) is 4.30. The van der Waals surface area contributed by atoms with Crippen molar-refractivity contribution in [2.75, 3.05) is 17.7 Å². The summed E-state index contributed by atoms with van der Waals surface area (Å²) in [6, 6.07) is 2.03. The molecule has 0 spiro atoms. The Balaban J connectivity index is 2.20. The summed E-state index contributed by atoms with van der Waals surface area (Å²) in [5.74, 6) is 0. The van der Waals surface area contributed by atoms with E-state index in [9.17, 15) is 0 Å². The maximum atomic E-state index is 4.35. The van der Waals surface area contributed by atoms with Crippen molar-refractivity contribution in [2.45, 2.75) is 19.4 Å². The molecule has 0 saturated heterocycles. The van der Waals surface area contributed by atoms with Crippen molar-refractivity contribution in [1.82, 2.24) is 9.97 Å². The lowest BCUT2D eigenvalue weighted by atomic mass is 10.1. The first kappa shape index (κ1) is 11.9. The third-order valence-corrected chi connectivity index (χ3v) is 3.55. The molecule has 2 heterocycles. The molecule has 0 atom stereocenters. The molecule has 0 amide bonds. The topological polar surface area (TPSA) is 49.8 Å². The molecule has 5 heteroatoms. The van der Waals surface area contributed by atoms with E-state index in [0.29, 0.717) is 0 Å². The van der Waals surface area contributed by atoms with Crippen LogP contribution in [0.5, 0.6) is 0 Å². The Hall–Kier alpha value is -1.62. The minimum atomic E-state index is -0.192. The maximum absolute atomic E-state index is 4.35. The van der Waals surface area contributed by atoms with Crippen molar-refractivity contribution in [3.8, 4) is 0 Å². The lowest BCUT2D eigenvalue weighted by molar-refractivity contribution is 0.604. The largest absolute Gasteiger partial charge is 0.387 e. The van der Waals surface area contributed by atoms with Crippen molar-refractivity contribution >= 4 is 22.7 Å². The summed E-state index contributed by atoms with van der Waals surface area (Å²) in [6.07, 6.45) is 5.43. The number of hydrogen-bond donors (Lipinski definition) is 2. The van der Waals surface area contributed by atoms with E-state index in [2.05, 4.69) is 34.4 Å². The zero-order chi connectivity index (χ0) is 12.3. The van der Waals surface area contributed by atoms with Crippen LogP contribution in [0.15, 0.2) is 30.0 Å². The summed E-state index contributed by atoms with van der Waals surface area (Å²) in [5, 5.41) is 9.56. The van der Waals surface area contributed by atoms with Crippen LogP contribution in [0.1, 0.15) is 18.9 Å². The van der Waals surface area contributed by atoms with Gasteiger partial charge >= 0.3 is 0 Å². The number of nitrogens with zero attached hydrogens (tertiary/aromatic N) is 2. The molecule has 0 saturated carbocycles. The molecule has 0 aliphatic heterocycles. The molecule has 0 unspecified atom stereocenters. The fourth-order valence-corrected chi connectivity index (χ4v) is 2.31. The summed E-state index contributed by atoms with van der Waals surface area (Å²) >= 11 is 1.65. The number of anilines is 2. The van der Waals surface area contributed by atoms with Crippen molar-refractivity contribution in [1.29, 1.82) is 0 Å². The van der Waals surface area contributed by atoms with Crippen LogP contribution in [0.25, 0.3) is 0 Å². The van der Waals surface area contributed by atoms with Gasteiger partial charge in [0.15, 0.2) is 0 Å². The van der Waals surface area contributed by atoms with Crippen LogP contribution in [0.2, 0.25) is 0 Å². The summed E-state index contributed by atoms with van der Waals surface area (Å²) in [6.45, 7) is 4.22. The Kier molecular flexibility index (Phi) is 3.28. The Morgan fingerprint density at radius 3 is 2.65 bits per heavy atom. The summed E-state index contributed by atoms with van der Waals surface area (Å²) in [4.78, 5) is 8.53. The van der Waals surface area contributed by atoms with Gasteiger partial charge in [-0.15, -0.1) is 11.3 Å². The first-order valence-electron chi connectivity index (χ1n) is 5.43. The number of nitrogens with one attached hydrogen (secondary N) is 2. The minimum absolute atomic E-state index is 0.192. The van der Waals surface area contributed by atoms with Gasteiger partial charge in [-0.25, -0.2) is 4.98 Å². The minimum Gasteiger partial charge on any atom is -0.387 e. The molecule has 2 rings (SSSR count). The normalized spacial score (nSPS) is 11.2. The molecule has 0 aliphatic carbocycles. The van der Waals surface area contributed by atoms with E-state index < -0.39 is 0 Å². The summed E-state index contributed by atoms with van der Waals surface area (Å²) in [7, 11) is 1.88. The van der Waals surface area contributed by atoms with Gasteiger partial charge in [0.1, 0.15) is 5.01 Å². The smallest absolute Gasteiger partial charge is 0.117 e. The molecule has 0 aliphatic rings. The summed E-state index contributed by atoms with van der Waals surface area (Å²) < 4.78 is 0. The van der Waals surface area contributed by atoms with Gasteiger partial charge in [0.25, 0.3) is 0 Å². The van der Waals surface area contributed by atoms with Gasteiger partial charge in [-0.1, -0.05) is 0 Å². The highest BCUT2D eigenvalue weighted by Crippen LogP contribution is 2.27. The molecule has 0 bridgehead atoms. The molecule has 0 aromatic carbocycles. The number of thiazole rings is 1. The van der Waals surface area contributed by atoms with Crippen molar-refractivity contribution in [3.05, 3.63) is 35.0 Å². The lowest BCUT2D eigenvalue weighted by Gasteiger charge is -2.25. The quantitative estimate of drug-likeness (QED) is 0.873. The third-order valence-electron chi connectivity index (χ3n) is 2.45. The van der Waals surface area contributed by atoms with Gasteiger partial charge in [0, 0.05) is 18.6 Å². The van der Waals surface area contributed by atoms with Crippen LogP contribution in [-0.4, -0.2) is 17.0 Å². The standard InChI is InChI=1S/C12H16N4S/c1-12(2,11-15-4-5-17-11)16-10-6-9(13-3)7-14-8-10/h4-8,13,16H,1-3H3. The highest BCUT2D eigenvalue weighted by molar-refractivity contribution is 7.09. The van der Waals surface area contributed by atoms with Gasteiger partial charge in [-0.05, 0) is 19.9 Å². The van der Waals surface area contributed by atoms with Crippen LogP contribution < -0.4 is 10.6 Å². The molecule has 4 nitrogen and oxygen atoms in total. The second-order valence-corrected chi connectivity index (χ2v) is 5.19. The van der Waals surface area contributed by atoms with Gasteiger partial charge in [-0.3, -0.25) is 4.98 Å². The van der Waals surface area contributed by atoms with Crippen molar-refractivity contribution in [3.63, 3.8) is 0 Å². The molecular formula is C12H16N4S. The van der Waals surface area contributed by atoms with Gasteiger partial charge in [0.05, 0.1) is 29.3 Å². The molecule has 2 N–H and O–H groups in total. The molecule has 0 radical (unpaired) electrons. The van der Waals surface area contributed by atoms with Gasteiger partial charge in [-0.2, -0.15) is 0 Å². The Morgan fingerprint density at radius 1 is 1.24 bits per heavy atom. The van der Waals surface area contributed by atoms with Crippen molar-refractivity contribution < 1.29 is 0 Å². The molecule has 90 valence electrons. The lowest BCUT2D eigenvalue weighted by Crippen LogP contribution is -2.27. The average Bonchev–Trinajstić information content (AvgIpc) is 2.83. The fraction of sp³-hybridized carbons (Fsp3) is 0.333. The highest BCUT2D eigenvalue weighted by Gasteiger charge is 2.22. The first-order valence-corrected chi connectivity index (χ1v) is 6.31. The molecule has 0 fully saturated rings. The molecule has 2 aromatic rings. The number of pyridine rings is 1. The van der Waals surface area contributed by atoms with Crippen LogP contribution in [0, 0.1) is 0 Å². The Morgan fingerprint density at radius 2 is 2.00 bits per heavy atom. The van der Waals surface area contributed by atoms with Crippen LogP contribution >= 0.6 is 11.3 Å². The molecular weight excluding hydrogens is 232 g/mol. The van der Waals surface area contributed by atoms with E-state index in [0.717, 1.165) is 16.4 Å². The predicted octanol–water partition coefficient (Wildman–Crippen LogP) is 2.93. The fourth-order valence-electron chi connectivity index (χ4n) is 1.59. The Labute approximate surface area is 105 Å². The second kappa shape index (κ2) is 4.71. The number of rotatable bonds is 4. The number of hydrogen-bond acceptors (Lipinski definition) is 5. The third kappa shape index (κ3) is 2.74. The zero-order valence-corrected chi connectivity index (χ0v) is 11.0. The number of aromatic nitrogens is 2. The molecule has 17 heavy (non-hydrogen) atoms. The zero-order valence-electron chi connectivity index (χ0n) is 10.2. The van der Waals surface area contributed by atoms with Gasteiger partial charge < -0.3 is 10.6 Å². The van der Waals surface area contributed by atoms with E-state index >= 15 is 0 Å². The van der Waals surface area contributed by atoms with E-state index in [1.54, 1.807) is 17.5 Å². The first-order chi connectivity index (χ1) is 8.12. The van der Waals surface area contributed by atoms with Crippen LogP contribution in [-0.2, 0) is 5.54 Å². The van der Waals surface area contributed by atoms with E-state index in [1.165, 1.54) is 0 Å². The van der Waals surface area contributed by atoms with E-state index in [4.69, 9.17) is 0 Å².